The summed E-state index contributed by atoms with van der Waals surface area (Å²) < 4.78 is 32.4. The van der Waals surface area contributed by atoms with Crippen LogP contribution >= 0.6 is 0 Å². The molecule has 0 aliphatic carbocycles. The molecule has 1 aromatic carbocycles. The van der Waals surface area contributed by atoms with E-state index in [-0.39, 0.29) is 5.56 Å². The summed E-state index contributed by atoms with van der Waals surface area (Å²) in [6.07, 6.45) is 1.64. The maximum absolute atomic E-state index is 13.8. The second kappa shape index (κ2) is 5.61. The van der Waals surface area contributed by atoms with Gasteiger partial charge in [-0.25, -0.2) is 18.6 Å². The zero-order valence-electron chi connectivity index (χ0n) is 12.8. The van der Waals surface area contributed by atoms with Gasteiger partial charge in [0, 0.05) is 30.3 Å². The van der Waals surface area contributed by atoms with Crippen LogP contribution in [0.15, 0.2) is 36.5 Å². The standard InChI is InChI=1S/C17H16F2N2O2/c1-17(2)7-8-21(16(22)23-17)15-6-3-11(10-20-15)13-9-12(18)4-5-14(13)19/h3-6,9-10H,7-8H2,1-2H3. The first-order valence-electron chi connectivity index (χ1n) is 7.28. The third-order valence-corrected chi connectivity index (χ3v) is 3.79. The fraction of sp³-hybridized carbons (Fsp3) is 0.294. The molecule has 2 heterocycles. The average Bonchev–Trinajstić information content (AvgIpc) is 2.49. The van der Waals surface area contributed by atoms with Crippen molar-refractivity contribution in [2.45, 2.75) is 25.9 Å². The number of hydrogen-bond acceptors (Lipinski definition) is 3. The highest BCUT2D eigenvalue weighted by molar-refractivity contribution is 5.87. The Morgan fingerprint density at radius 1 is 1.22 bits per heavy atom. The molecule has 0 spiro atoms. The van der Waals surface area contributed by atoms with E-state index in [0.717, 1.165) is 18.2 Å². The average molecular weight is 318 g/mol. The Morgan fingerprint density at radius 2 is 2.00 bits per heavy atom. The summed E-state index contributed by atoms with van der Waals surface area (Å²) in [6, 6.07) is 6.45. The topological polar surface area (TPSA) is 42.4 Å². The highest BCUT2D eigenvalue weighted by Crippen LogP contribution is 2.28. The molecule has 6 heteroatoms. The molecule has 1 aromatic heterocycles. The van der Waals surface area contributed by atoms with Crippen LogP contribution in [0.25, 0.3) is 11.1 Å². The summed E-state index contributed by atoms with van der Waals surface area (Å²) in [7, 11) is 0. The van der Waals surface area contributed by atoms with Crippen molar-refractivity contribution in [3.05, 3.63) is 48.2 Å². The van der Waals surface area contributed by atoms with Crippen molar-refractivity contribution in [2.75, 3.05) is 11.4 Å². The van der Waals surface area contributed by atoms with Gasteiger partial charge in [-0.1, -0.05) is 0 Å². The van der Waals surface area contributed by atoms with Crippen molar-refractivity contribution < 1.29 is 18.3 Å². The molecule has 0 saturated carbocycles. The minimum Gasteiger partial charge on any atom is -0.443 e. The lowest BCUT2D eigenvalue weighted by molar-refractivity contribution is 0.0234. The molecule has 4 nitrogen and oxygen atoms in total. The van der Waals surface area contributed by atoms with E-state index in [0.29, 0.717) is 24.3 Å². The number of cyclic esters (lactones) is 1. The van der Waals surface area contributed by atoms with E-state index in [1.54, 1.807) is 12.1 Å². The van der Waals surface area contributed by atoms with Crippen LogP contribution in [-0.2, 0) is 4.74 Å². The van der Waals surface area contributed by atoms with E-state index < -0.39 is 23.3 Å². The third kappa shape index (κ3) is 3.16. The molecule has 1 saturated heterocycles. The number of halogens is 2. The van der Waals surface area contributed by atoms with Gasteiger partial charge in [-0.15, -0.1) is 0 Å². The third-order valence-electron chi connectivity index (χ3n) is 3.79. The van der Waals surface area contributed by atoms with Crippen molar-refractivity contribution in [1.82, 2.24) is 4.98 Å². The lowest BCUT2D eigenvalue weighted by Gasteiger charge is -2.35. The zero-order valence-corrected chi connectivity index (χ0v) is 12.8. The molecule has 23 heavy (non-hydrogen) atoms. The summed E-state index contributed by atoms with van der Waals surface area (Å²) in [5.41, 5.74) is 0.0842. The van der Waals surface area contributed by atoms with Gasteiger partial charge in [-0.05, 0) is 44.2 Å². The first-order chi connectivity index (χ1) is 10.9. The van der Waals surface area contributed by atoms with E-state index in [9.17, 15) is 13.6 Å². The molecule has 0 bridgehead atoms. The minimum absolute atomic E-state index is 0.131. The van der Waals surface area contributed by atoms with Gasteiger partial charge in [0.2, 0.25) is 0 Å². The van der Waals surface area contributed by atoms with E-state index in [1.807, 2.05) is 13.8 Å². The van der Waals surface area contributed by atoms with Gasteiger partial charge in [0.15, 0.2) is 0 Å². The predicted octanol–water partition coefficient (Wildman–Crippen LogP) is 4.15. The molecule has 1 amide bonds. The van der Waals surface area contributed by atoms with Crippen LogP contribution < -0.4 is 4.90 Å². The Balaban J connectivity index is 1.85. The first kappa shape index (κ1) is 15.4. The quantitative estimate of drug-likeness (QED) is 0.835. The number of aromatic nitrogens is 1. The molecule has 0 unspecified atom stereocenters. The fourth-order valence-corrected chi connectivity index (χ4v) is 2.45. The Hall–Kier alpha value is -2.50. The number of benzene rings is 1. The number of carbonyl (C=O) groups excluding carboxylic acids is 1. The molecule has 1 aliphatic rings. The Kier molecular flexibility index (Phi) is 3.75. The molecule has 1 fully saturated rings. The number of pyridine rings is 1. The number of rotatable bonds is 2. The second-order valence-electron chi connectivity index (χ2n) is 6.06. The van der Waals surface area contributed by atoms with E-state index in [1.165, 1.54) is 11.1 Å². The molecule has 2 aromatic rings. The molecular formula is C17H16F2N2O2. The second-order valence-corrected chi connectivity index (χ2v) is 6.06. The van der Waals surface area contributed by atoms with Crippen molar-refractivity contribution >= 4 is 11.9 Å². The van der Waals surface area contributed by atoms with Gasteiger partial charge < -0.3 is 4.74 Å². The van der Waals surface area contributed by atoms with E-state index in [2.05, 4.69) is 4.98 Å². The monoisotopic (exact) mass is 318 g/mol. The highest BCUT2D eigenvalue weighted by Gasteiger charge is 2.34. The molecule has 120 valence electrons. The number of hydrogen-bond donors (Lipinski definition) is 0. The number of carbonyl (C=O) groups is 1. The maximum Gasteiger partial charge on any atom is 0.416 e. The van der Waals surface area contributed by atoms with Crippen LogP contribution in [0.3, 0.4) is 0 Å². The SMILES string of the molecule is CC1(C)CCN(c2ccc(-c3cc(F)ccc3F)cn2)C(=O)O1. The van der Waals surface area contributed by atoms with Gasteiger partial charge in [-0.2, -0.15) is 0 Å². The van der Waals surface area contributed by atoms with Gasteiger partial charge in [0.1, 0.15) is 23.1 Å². The van der Waals surface area contributed by atoms with Gasteiger partial charge in [0.25, 0.3) is 0 Å². The number of nitrogens with zero attached hydrogens (tertiary/aromatic N) is 2. The summed E-state index contributed by atoms with van der Waals surface area (Å²) in [4.78, 5) is 17.6. The number of ether oxygens (including phenoxy) is 1. The van der Waals surface area contributed by atoms with Crippen molar-refractivity contribution in [1.29, 1.82) is 0 Å². The summed E-state index contributed by atoms with van der Waals surface area (Å²) >= 11 is 0. The Morgan fingerprint density at radius 3 is 2.65 bits per heavy atom. The molecule has 3 rings (SSSR count). The van der Waals surface area contributed by atoms with Crippen molar-refractivity contribution in [2.24, 2.45) is 0 Å². The van der Waals surface area contributed by atoms with Crippen LogP contribution in [-0.4, -0.2) is 23.2 Å². The molecular weight excluding hydrogens is 302 g/mol. The molecule has 0 atom stereocenters. The zero-order chi connectivity index (χ0) is 16.6. The fourth-order valence-electron chi connectivity index (χ4n) is 2.45. The number of amides is 1. The van der Waals surface area contributed by atoms with Crippen LogP contribution in [0.4, 0.5) is 19.4 Å². The van der Waals surface area contributed by atoms with E-state index >= 15 is 0 Å². The smallest absolute Gasteiger partial charge is 0.416 e. The number of anilines is 1. The van der Waals surface area contributed by atoms with Gasteiger partial charge >= 0.3 is 6.09 Å². The Bertz CT molecular complexity index is 745. The Labute approximate surface area is 132 Å². The summed E-state index contributed by atoms with van der Waals surface area (Å²) in [5, 5.41) is 0. The van der Waals surface area contributed by atoms with Crippen molar-refractivity contribution in [3.63, 3.8) is 0 Å². The van der Waals surface area contributed by atoms with Crippen LogP contribution in [0.5, 0.6) is 0 Å². The summed E-state index contributed by atoms with van der Waals surface area (Å²) in [5.74, 6) is -0.626. The molecule has 1 aliphatic heterocycles. The molecule has 0 N–H and O–H groups in total. The highest BCUT2D eigenvalue weighted by atomic mass is 19.1. The van der Waals surface area contributed by atoms with Crippen LogP contribution in [0.2, 0.25) is 0 Å². The lowest BCUT2D eigenvalue weighted by Crippen LogP contribution is -2.46. The maximum atomic E-state index is 13.8. The minimum atomic E-state index is -0.528. The largest absolute Gasteiger partial charge is 0.443 e. The molecule has 0 radical (unpaired) electrons. The van der Waals surface area contributed by atoms with Gasteiger partial charge in [-0.3, -0.25) is 4.90 Å². The normalized spacial score (nSPS) is 17.0. The lowest BCUT2D eigenvalue weighted by atomic mass is 10.0. The van der Waals surface area contributed by atoms with Gasteiger partial charge in [0.05, 0.1) is 0 Å². The summed E-state index contributed by atoms with van der Waals surface area (Å²) in [6.45, 7) is 4.20. The first-order valence-corrected chi connectivity index (χ1v) is 7.28. The van der Waals surface area contributed by atoms with Crippen LogP contribution in [0, 0.1) is 11.6 Å². The predicted molar refractivity (Wildman–Crippen MR) is 82.1 cm³/mol. The van der Waals surface area contributed by atoms with Crippen LogP contribution in [0.1, 0.15) is 20.3 Å². The van der Waals surface area contributed by atoms with E-state index in [4.69, 9.17) is 4.74 Å². The van der Waals surface area contributed by atoms with Crippen molar-refractivity contribution in [3.8, 4) is 11.1 Å².